The van der Waals surface area contributed by atoms with E-state index in [4.69, 9.17) is 5.26 Å². The summed E-state index contributed by atoms with van der Waals surface area (Å²) in [4.78, 5) is 39.4. The fourth-order valence-corrected chi connectivity index (χ4v) is 5.87. The summed E-state index contributed by atoms with van der Waals surface area (Å²) in [6, 6.07) is 5.15. The predicted octanol–water partition coefficient (Wildman–Crippen LogP) is 3.95. The number of rotatable bonds is 6. The Labute approximate surface area is 239 Å². The number of hydrogen-bond acceptors (Lipinski definition) is 8. The van der Waals surface area contributed by atoms with Gasteiger partial charge in [0, 0.05) is 62.2 Å². The van der Waals surface area contributed by atoms with Gasteiger partial charge >= 0.3 is 0 Å². The third kappa shape index (κ3) is 6.03. The summed E-state index contributed by atoms with van der Waals surface area (Å²) < 4.78 is 43.2. The fraction of sp³-hybridized carbons (Fsp3) is 0.393. The lowest BCUT2D eigenvalue weighted by molar-refractivity contribution is -0.117. The van der Waals surface area contributed by atoms with E-state index in [9.17, 15) is 18.4 Å². The molecule has 1 saturated heterocycles. The Hall–Kier alpha value is -4.02. The lowest BCUT2D eigenvalue weighted by atomic mass is 9.96. The van der Waals surface area contributed by atoms with Crippen molar-refractivity contribution < 1.29 is 22.8 Å². The number of alkyl halides is 2. The van der Waals surface area contributed by atoms with Crippen molar-refractivity contribution in [1.82, 2.24) is 9.88 Å². The Kier molecular flexibility index (Phi) is 8.23. The topological polar surface area (TPSA) is 105 Å². The Morgan fingerprint density at radius 1 is 1.24 bits per heavy atom. The number of nitrogens with one attached hydrogen (secondary N) is 1. The summed E-state index contributed by atoms with van der Waals surface area (Å²) in [7, 11) is 2.00. The number of hydrogen-bond donors (Lipinski definition) is 1. The summed E-state index contributed by atoms with van der Waals surface area (Å²) in [6.45, 7) is 4.89. The van der Waals surface area contributed by atoms with Crippen LogP contribution in [0.3, 0.4) is 0 Å². The normalized spacial score (nSPS) is 21.5. The predicted molar refractivity (Wildman–Crippen MR) is 152 cm³/mol. The molecule has 0 radical (unpaired) electrons. The van der Waals surface area contributed by atoms with Crippen molar-refractivity contribution in [1.29, 1.82) is 5.26 Å². The first-order valence-electron chi connectivity index (χ1n) is 13.1. The molecule has 1 aromatic heterocycles. The maximum atomic E-state index is 15.8. The molecule has 0 saturated carbocycles. The molecule has 5 rings (SSSR count). The number of nitriles is 1. The molecule has 0 bridgehead atoms. The number of thiazole rings is 1. The molecule has 214 valence electrons. The monoisotopic (exact) mass is 583 g/mol. The zero-order valence-electron chi connectivity index (χ0n) is 22.5. The van der Waals surface area contributed by atoms with Crippen molar-refractivity contribution in [2.24, 2.45) is 10.9 Å². The van der Waals surface area contributed by atoms with E-state index in [1.807, 2.05) is 29.8 Å². The molecule has 4 heterocycles. The van der Waals surface area contributed by atoms with Crippen LogP contribution in [0.1, 0.15) is 23.8 Å². The van der Waals surface area contributed by atoms with Gasteiger partial charge in [-0.2, -0.15) is 5.26 Å². The van der Waals surface area contributed by atoms with Gasteiger partial charge in [-0.15, -0.1) is 0 Å². The summed E-state index contributed by atoms with van der Waals surface area (Å²) in [5.74, 6) is -3.56. The summed E-state index contributed by atoms with van der Waals surface area (Å²) in [5.41, 5.74) is 1.03. The Morgan fingerprint density at radius 2 is 2.05 bits per heavy atom. The zero-order valence-corrected chi connectivity index (χ0v) is 23.3. The number of halogens is 3. The molecule has 3 aliphatic rings. The van der Waals surface area contributed by atoms with E-state index in [2.05, 4.69) is 26.3 Å². The number of carbonyl (C=O) groups excluding carboxylic acids is 2. The smallest absolute Gasteiger partial charge is 0.269 e. The van der Waals surface area contributed by atoms with E-state index in [-0.39, 0.29) is 17.3 Å². The summed E-state index contributed by atoms with van der Waals surface area (Å²) >= 11 is 1.25. The number of likely N-dealkylation sites (N-methyl/N-ethyl adjacent to an activating group) is 1. The zero-order chi connectivity index (χ0) is 29.3. The van der Waals surface area contributed by atoms with Gasteiger partial charge in [-0.05, 0) is 38.1 Å². The molecule has 1 fully saturated rings. The van der Waals surface area contributed by atoms with Crippen molar-refractivity contribution in [2.45, 2.75) is 25.8 Å². The number of aromatic nitrogens is 1. The second-order valence-corrected chi connectivity index (χ2v) is 11.2. The lowest BCUT2D eigenvalue weighted by Gasteiger charge is -2.40. The SMILES string of the molecule is C[C@H]1CN(c2cc(F)c(C3=CCCN(c4ncc(C#N)s4)C3)cc2NC(=O)C2C=NC(=O)C=C2C(F)F)CCN1C. The molecule has 2 amide bonds. The molecule has 1 unspecified atom stereocenters. The van der Waals surface area contributed by atoms with Crippen LogP contribution < -0.4 is 15.1 Å². The van der Waals surface area contributed by atoms with Crippen molar-refractivity contribution in [2.75, 3.05) is 54.9 Å². The standard InChI is InChI=1S/C28H28F3N7O2S/c1-16-14-37(7-6-36(16)2)24-10-22(29)19(17-4-3-5-38(15-17)28-34-12-18(11-32)41-28)8-23(24)35-27(40)21-13-33-25(39)9-20(21)26(30)31/h4,8-10,12-13,16,21,26H,3,5-7,14-15H2,1-2H3,(H,35,40)/t16-,21?/m0/s1. The first kappa shape index (κ1) is 28.5. The number of piperazine rings is 1. The van der Waals surface area contributed by atoms with Crippen molar-refractivity contribution in [3.63, 3.8) is 0 Å². The largest absolute Gasteiger partial charge is 0.367 e. The Balaban J connectivity index is 1.49. The molecule has 0 aliphatic carbocycles. The van der Waals surface area contributed by atoms with E-state index in [1.54, 1.807) is 6.07 Å². The van der Waals surface area contributed by atoms with Gasteiger partial charge in [-0.25, -0.2) is 23.1 Å². The third-order valence-electron chi connectivity index (χ3n) is 7.55. The molecule has 1 aromatic carbocycles. The molecular weight excluding hydrogens is 555 g/mol. The van der Waals surface area contributed by atoms with Crippen LogP contribution in [0.4, 0.5) is 29.7 Å². The van der Waals surface area contributed by atoms with Gasteiger partial charge in [0.2, 0.25) is 5.91 Å². The number of aliphatic imine (C=N–C) groups is 1. The minimum Gasteiger partial charge on any atom is -0.367 e. The lowest BCUT2D eigenvalue weighted by Crippen LogP contribution is -2.50. The number of benzene rings is 1. The highest BCUT2D eigenvalue weighted by Gasteiger charge is 2.32. The van der Waals surface area contributed by atoms with Crippen LogP contribution in [-0.4, -0.2) is 80.2 Å². The van der Waals surface area contributed by atoms with Crippen LogP contribution in [0.5, 0.6) is 0 Å². The minimum absolute atomic E-state index is 0.158. The molecule has 13 heteroatoms. The highest BCUT2D eigenvalue weighted by molar-refractivity contribution is 7.16. The van der Waals surface area contributed by atoms with Gasteiger partial charge in [0.05, 0.1) is 17.6 Å². The molecule has 2 atom stereocenters. The second-order valence-electron chi connectivity index (χ2n) is 10.2. The summed E-state index contributed by atoms with van der Waals surface area (Å²) in [6.07, 6.45) is 2.63. The fourth-order valence-electron chi connectivity index (χ4n) is 5.13. The first-order chi connectivity index (χ1) is 19.6. The molecule has 0 spiro atoms. The van der Waals surface area contributed by atoms with E-state index in [0.717, 1.165) is 6.21 Å². The first-order valence-corrected chi connectivity index (χ1v) is 13.9. The number of dihydropyridines is 1. The molecule has 9 nitrogen and oxygen atoms in total. The Morgan fingerprint density at radius 3 is 2.76 bits per heavy atom. The van der Waals surface area contributed by atoms with Crippen LogP contribution >= 0.6 is 11.3 Å². The van der Waals surface area contributed by atoms with Crippen molar-refractivity contribution >= 4 is 51.4 Å². The number of carbonyl (C=O) groups is 2. The molecule has 1 N–H and O–H groups in total. The second kappa shape index (κ2) is 11.8. The average Bonchev–Trinajstić information content (AvgIpc) is 3.45. The van der Waals surface area contributed by atoms with Crippen LogP contribution in [0, 0.1) is 23.1 Å². The van der Waals surface area contributed by atoms with Gasteiger partial charge < -0.3 is 20.0 Å². The van der Waals surface area contributed by atoms with E-state index in [1.165, 1.54) is 23.6 Å². The van der Waals surface area contributed by atoms with E-state index in [0.29, 0.717) is 66.5 Å². The van der Waals surface area contributed by atoms with Gasteiger partial charge in [-0.3, -0.25) is 9.59 Å². The molecule has 3 aliphatic heterocycles. The maximum absolute atomic E-state index is 15.8. The average molecular weight is 584 g/mol. The molecule has 2 aromatic rings. The van der Waals surface area contributed by atoms with Crippen LogP contribution in [0.15, 0.2) is 41.0 Å². The van der Waals surface area contributed by atoms with E-state index >= 15 is 4.39 Å². The van der Waals surface area contributed by atoms with Crippen LogP contribution in [0.25, 0.3) is 5.57 Å². The molecular formula is C28H28F3N7O2S. The number of nitrogens with zero attached hydrogens (tertiary/aromatic N) is 6. The van der Waals surface area contributed by atoms with Crippen LogP contribution in [0.2, 0.25) is 0 Å². The van der Waals surface area contributed by atoms with Crippen LogP contribution in [-0.2, 0) is 9.59 Å². The molecule has 41 heavy (non-hydrogen) atoms. The maximum Gasteiger partial charge on any atom is 0.269 e. The van der Waals surface area contributed by atoms with Gasteiger partial charge in [0.1, 0.15) is 22.7 Å². The van der Waals surface area contributed by atoms with E-state index < -0.39 is 35.5 Å². The highest BCUT2D eigenvalue weighted by atomic mass is 32.1. The van der Waals surface area contributed by atoms with Crippen molar-refractivity contribution in [3.8, 4) is 6.07 Å². The number of amides is 2. The van der Waals surface area contributed by atoms with Crippen molar-refractivity contribution in [3.05, 3.63) is 52.3 Å². The van der Waals surface area contributed by atoms with Gasteiger partial charge in [0.15, 0.2) is 5.13 Å². The number of anilines is 3. The minimum atomic E-state index is -3.02. The Bertz CT molecular complexity index is 1500. The van der Waals surface area contributed by atoms with Gasteiger partial charge in [0.25, 0.3) is 12.3 Å². The quantitative estimate of drug-likeness (QED) is 0.549. The highest BCUT2D eigenvalue weighted by Crippen LogP contribution is 2.36. The van der Waals surface area contributed by atoms with Gasteiger partial charge in [-0.1, -0.05) is 17.4 Å². The summed E-state index contributed by atoms with van der Waals surface area (Å²) in [5, 5.41) is 12.6. The third-order valence-corrected chi connectivity index (χ3v) is 8.51.